The molecular weight excluding hydrogens is 394 g/mol. The van der Waals surface area contributed by atoms with Crippen molar-refractivity contribution < 1.29 is 39.3 Å². The summed E-state index contributed by atoms with van der Waals surface area (Å²) in [6.45, 7) is 4.38. The van der Waals surface area contributed by atoms with E-state index in [0.717, 1.165) is 32.1 Å². The molecule has 5 heteroatoms. The Kier molecular flexibility index (Phi) is 32.2. The zero-order chi connectivity index (χ0) is 19.9. The first-order chi connectivity index (χ1) is 12.5. The second-order valence-corrected chi connectivity index (χ2v) is 7.19. The molecule has 0 aromatic carbocycles. The molecule has 156 valence electrons. The molecular formula is C22H42O4Zn. The van der Waals surface area contributed by atoms with Gasteiger partial charge < -0.3 is 19.8 Å². The van der Waals surface area contributed by atoms with Crippen molar-refractivity contribution in [2.45, 2.75) is 129 Å². The van der Waals surface area contributed by atoms with Crippen LogP contribution < -0.4 is 10.2 Å². The molecule has 0 aliphatic carbocycles. The summed E-state index contributed by atoms with van der Waals surface area (Å²) in [6.07, 6.45) is 19.6. The normalized spacial score (nSPS) is 9.85. The molecule has 0 aromatic heterocycles. The summed E-state index contributed by atoms with van der Waals surface area (Å²) in [6, 6.07) is 0. The van der Waals surface area contributed by atoms with Gasteiger partial charge in [-0.25, -0.2) is 0 Å². The van der Waals surface area contributed by atoms with Gasteiger partial charge in [0.2, 0.25) is 0 Å². The van der Waals surface area contributed by atoms with Crippen LogP contribution in [0.1, 0.15) is 129 Å². The minimum absolute atomic E-state index is 0. The molecule has 0 fully saturated rings. The van der Waals surface area contributed by atoms with Gasteiger partial charge in [0.15, 0.2) is 0 Å². The molecule has 0 spiro atoms. The first kappa shape index (κ1) is 31.3. The maximum absolute atomic E-state index is 10.1. The van der Waals surface area contributed by atoms with Crippen molar-refractivity contribution >= 4 is 11.9 Å². The number of carbonyl (C=O) groups is 2. The van der Waals surface area contributed by atoms with E-state index in [1.807, 2.05) is 0 Å². The van der Waals surface area contributed by atoms with Crippen LogP contribution in [-0.4, -0.2) is 11.9 Å². The molecule has 0 saturated heterocycles. The van der Waals surface area contributed by atoms with E-state index in [2.05, 4.69) is 13.8 Å². The summed E-state index contributed by atoms with van der Waals surface area (Å²) >= 11 is 0. The molecule has 4 nitrogen and oxygen atoms in total. The Morgan fingerprint density at radius 2 is 0.704 bits per heavy atom. The van der Waals surface area contributed by atoms with E-state index in [9.17, 15) is 19.8 Å². The zero-order valence-electron chi connectivity index (χ0n) is 18.1. The molecule has 27 heavy (non-hydrogen) atoms. The third-order valence-electron chi connectivity index (χ3n) is 4.47. The van der Waals surface area contributed by atoms with Crippen LogP contribution in [0, 0.1) is 0 Å². The quantitative estimate of drug-likeness (QED) is 0.234. The van der Waals surface area contributed by atoms with Crippen LogP contribution in [0.5, 0.6) is 0 Å². The van der Waals surface area contributed by atoms with Gasteiger partial charge in [0.05, 0.1) is 0 Å². The maximum Gasteiger partial charge on any atom is 2.00 e. The molecule has 0 saturated carbocycles. The van der Waals surface area contributed by atoms with Crippen LogP contribution in [0.2, 0.25) is 0 Å². The Morgan fingerprint density at radius 3 is 0.926 bits per heavy atom. The van der Waals surface area contributed by atoms with Gasteiger partial charge in [-0.15, -0.1) is 0 Å². The fourth-order valence-corrected chi connectivity index (χ4v) is 2.81. The fraction of sp³-hybridized carbons (Fsp3) is 0.909. The van der Waals surface area contributed by atoms with Gasteiger partial charge in [0.25, 0.3) is 0 Å². The predicted molar refractivity (Wildman–Crippen MR) is 104 cm³/mol. The van der Waals surface area contributed by atoms with E-state index in [0.29, 0.717) is 0 Å². The average Bonchev–Trinajstić information content (AvgIpc) is 2.59. The van der Waals surface area contributed by atoms with Gasteiger partial charge in [-0.2, -0.15) is 0 Å². The van der Waals surface area contributed by atoms with Crippen LogP contribution in [0.4, 0.5) is 0 Å². The van der Waals surface area contributed by atoms with E-state index in [1.54, 1.807) is 0 Å². The van der Waals surface area contributed by atoms with Crippen LogP contribution >= 0.6 is 0 Å². The van der Waals surface area contributed by atoms with Gasteiger partial charge in [-0.3, -0.25) is 0 Å². The molecule has 0 heterocycles. The molecule has 0 aliphatic rings. The van der Waals surface area contributed by atoms with E-state index in [4.69, 9.17) is 0 Å². The summed E-state index contributed by atoms with van der Waals surface area (Å²) in [5.41, 5.74) is 0. The molecule has 0 N–H and O–H groups in total. The Hall–Kier alpha value is -0.437. The van der Waals surface area contributed by atoms with E-state index in [1.165, 1.54) is 70.6 Å². The Bertz CT molecular complexity index is 309. The SMILES string of the molecule is CCCCCCCC(=O)[O-].CCCCCCCCCCCCCC(=O)[O-].[Zn+2]. The first-order valence-electron chi connectivity index (χ1n) is 10.9. The Morgan fingerprint density at radius 1 is 0.481 bits per heavy atom. The van der Waals surface area contributed by atoms with Gasteiger partial charge >= 0.3 is 19.5 Å². The summed E-state index contributed by atoms with van der Waals surface area (Å²) in [5, 5.41) is 20.1. The standard InChI is InChI=1S/C14H28O2.C8H16O2.Zn/c1-2-3-4-5-6-7-8-9-10-11-12-13-14(15)16;1-2-3-4-5-6-7-8(9)10;/h2-13H2,1H3,(H,15,16);2-7H2,1H3,(H,9,10);/q;;+2/p-2. The van der Waals surface area contributed by atoms with Crippen molar-refractivity contribution in [1.29, 1.82) is 0 Å². The summed E-state index contributed by atoms with van der Waals surface area (Å²) < 4.78 is 0. The van der Waals surface area contributed by atoms with E-state index < -0.39 is 11.9 Å². The first-order valence-corrected chi connectivity index (χ1v) is 10.9. The molecule has 0 rings (SSSR count). The zero-order valence-corrected chi connectivity index (χ0v) is 21.0. The van der Waals surface area contributed by atoms with Crippen LogP contribution in [0.25, 0.3) is 0 Å². The number of carboxylic acid groups (broad SMARTS) is 2. The van der Waals surface area contributed by atoms with E-state index >= 15 is 0 Å². The molecule has 0 radical (unpaired) electrons. The second kappa shape index (κ2) is 27.8. The monoisotopic (exact) mass is 434 g/mol. The van der Waals surface area contributed by atoms with Crippen molar-refractivity contribution in [2.75, 3.05) is 0 Å². The van der Waals surface area contributed by atoms with Gasteiger partial charge in [0, 0.05) is 11.9 Å². The minimum Gasteiger partial charge on any atom is -0.550 e. The third-order valence-corrected chi connectivity index (χ3v) is 4.47. The fourth-order valence-electron chi connectivity index (χ4n) is 2.81. The van der Waals surface area contributed by atoms with Crippen LogP contribution in [-0.2, 0) is 29.1 Å². The number of aliphatic carboxylic acids is 2. The number of carboxylic acids is 2. The molecule has 0 aromatic rings. The molecule has 0 aliphatic heterocycles. The van der Waals surface area contributed by atoms with Crippen LogP contribution in [0.3, 0.4) is 0 Å². The van der Waals surface area contributed by atoms with Crippen molar-refractivity contribution in [2.24, 2.45) is 0 Å². The second-order valence-electron chi connectivity index (χ2n) is 7.19. The summed E-state index contributed by atoms with van der Waals surface area (Å²) in [4.78, 5) is 20.1. The topological polar surface area (TPSA) is 80.3 Å². The Balaban J connectivity index is -0.000000454. The number of rotatable bonds is 18. The van der Waals surface area contributed by atoms with Crippen molar-refractivity contribution in [3.63, 3.8) is 0 Å². The predicted octanol–water partition coefficient (Wildman–Crippen LogP) is 4.53. The number of hydrogen-bond donors (Lipinski definition) is 0. The maximum atomic E-state index is 10.1. The number of unbranched alkanes of at least 4 members (excludes halogenated alkanes) is 14. The average molecular weight is 436 g/mol. The van der Waals surface area contributed by atoms with Gasteiger partial charge in [-0.05, 0) is 25.7 Å². The van der Waals surface area contributed by atoms with Crippen LogP contribution in [0.15, 0.2) is 0 Å². The van der Waals surface area contributed by atoms with Crippen molar-refractivity contribution in [1.82, 2.24) is 0 Å². The van der Waals surface area contributed by atoms with Crippen molar-refractivity contribution in [3.8, 4) is 0 Å². The Labute approximate surface area is 180 Å². The van der Waals surface area contributed by atoms with Gasteiger partial charge in [-0.1, -0.05) is 104 Å². The smallest absolute Gasteiger partial charge is 0.550 e. The summed E-state index contributed by atoms with van der Waals surface area (Å²) in [7, 11) is 0. The third kappa shape index (κ3) is 37.1. The largest absolute Gasteiger partial charge is 2.00 e. The van der Waals surface area contributed by atoms with E-state index in [-0.39, 0.29) is 32.3 Å². The number of hydrogen-bond acceptors (Lipinski definition) is 4. The molecule has 0 bridgehead atoms. The minimum atomic E-state index is -0.920. The molecule has 0 unspecified atom stereocenters. The van der Waals surface area contributed by atoms with Crippen molar-refractivity contribution in [3.05, 3.63) is 0 Å². The molecule has 0 amide bonds. The number of carbonyl (C=O) groups excluding carboxylic acids is 2. The van der Waals surface area contributed by atoms with Gasteiger partial charge in [0.1, 0.15) is 0 Å². The molecule has 0 atom stereocenters. The summed E-state index contributed by atoms with van der Waals surface area (Å²) in [5.74, 6) is -1.83.